The van der Waals surface area contributed by atoms with Crippen LogP contribution in [0.15, 0.2) is 0 Å². The van der Waals surface area contributed by atoms with Crippen LogP contribution in [0.1, 0.15) is 6.92 Å². The molecular formula is C12H18ClN5O2. The van der Waals surface area contributed by atoms with Crippen molar-refractivity contribution in [1.29, 1.82) is 0 Å². The maximum absolute atomic E-state index is 6.06. The summed E-state index contributed by atoms with van der Waals surface area (Å²) in [5, 5.41) is 0.232. The third-order valence-electron chi connectivity index (χ3n) is 3.50. The van der Waals surface area contributed by atoms with Gasteiger partial charge >= 0.3 is 0 Å². The van der Waals surface area contributed by atoms with E-state index in [0.29, 0.717) is 38.3 Å². The van der Waals surface area contributed by atoms with E-state index in [1.165, 1.54) is 0 Å². The Balaban J connectivity index is 1.85. The molecule has 2 aliphatic heterocycles. The lowest BCUT2D eigenvalue weighted by atomic mass is 10.3. The second-order valence-corrected chi connectivity index (χ2v) is 5.26. The summed E-state index contributed by atoms with van der Waals surface area (Å²) in [5.41, 5.74) is 0. The van der Waals surface area contributed by atoms with Crippen molar-refractivity contribution in [3.05, 3.63) is 5.28 Å². The first-order chi connectivity index (χ1) is 9.74. The number of nitrogens with zero attached hydrogens (tertiary/aromatic N) is 5. The van der Waals surface area contributed by atoms with Crippen molar-refractivity contribution in [2.75, 3.05) is 55.9 Å². The minimum Gasteiger partial charge on any atom is -0.378 e. The molecule has 1 atom stereocenters. The highest BCUT2D eigenvalue weighted by Gasteiger charge is 2.24. The number of ether oxygens (including phenoxy) is 2. The molecule has 2 fully saturated rings. The van der Waals surface area contributed by atoms with Crippen LogP contribution in [0.2, 0.25) is 5.28 Å². The summed E-state index contributed by atoms with van der Waals surface area (Å²) in [4.78, 5) is 17.2. The Bertz CT molecular complexity index is 469. The first-order valence-electron chi connectivity index (χ1n) is 6.83. The molecule has 3 heterocycles. The van der Waals surface area contributed by atoms with Crippen molar-refractivity contribution >= 4 is 23.5 Å². The summed E-state index contributed by atoms with van der Waals surface area (Å²) in [5.74, 6) is 1.25. The molecule has 0 radical (unpaired) electrons. The van der Waals surface area contributed by atoms with Gasteiger partial charge in [-0.15, -0.1) is 0 Å². The zero-order valence-electron chi connectivity index (χ0n) is 11.5. The van der Waals surface area contributed by atoms with E-state index >= 15 is 0 Å². The zero-order chi connectivity index (χ0) is 13.9. The summed E-state index contributed by atoms with van der Waals surface area (Å²) in [6, 6.07) is 0.236. The molecule has 8 heteroatoms. The molecule has 0 amide bonds. The van der Waals surface area contributed by atoms with Crippen LogP contribution >= 0.6 is 11.6 Å². The first-order valence-corrected chi connectivity index (χ1v) is 7.20. The van der Waals surface area contributed by atoms with Gasteiger partial charge in [0.2, 0.25) is 17.2 Å². The molecule has 0 N–H and O–H groups in total. The molecule has 0 saturated carbocycles. The van der Waals surface area contributed by atoms with Gasteiger partial charge in [0.05, 0.1) is 32.5 Å². The number of morpholine rings is 2. The molecule has 2 saturated heterocycles. The highest BCUT2D eigenvalue weighted by molar-refractivity contribution is 6.28. The van der Waals surface area contributed by atoms with E-state index in [0.717, 1.165) is 19.6 Å². The van der Waals surface area contributed by atoms with Crippen molar-refractivity contribution < 1.29 is 9.47 Å². The van der Waals surface area contributed by atoms with Crippen LogP contribution in [0, 0.1) is 0 Å². The highest BCUT2D eigenvalue weighted by atomic mass is 35.5. The Hall–Kier alpha value is -1.18. The lowest BCUT2D eigenvalue weighted by molar-refractivity contribution is 0.0980. The summed E-state index contributed by atoms with van der Waals surface area (Å²) in [6.45, 7) is 7.14. The second kappa shape index (κ2) is 6.07. The number of hydrogen-bond acceptors (Lipinski definition) is 7. The fourth-order valence-electron chi connectivity index (χ4n) is 2.39. The third-order valence-corrected chi connectivity index (χ3v) is 3.67. The van der Waals surface area contributed by atoms with Gasteiger partial charge in [-0.25, -0.2) is 0 Å². The van der Waals surface area contributed by atoms with Gasteiger partial charge in [0.15, 0.2) is 0 Å². The molecule has 3 rings (SSSR count). The van der Waals surface area contributed by atoms with Gasteiger partial charge in [0.25, 0.3) is 0 Å². The van der Waals surface area contributed by atoms with Crippen LogP contribution in [0.5, 0.6) is 0 Å². The molecule has 0 bridgehead atoms. The fraction of sp³-hybridized carbons (Fsp3) is 0.750. The number of aromatic nitrogens is 3. The third kappa shape index (κ3) is 2.94. The average Bonchev–Trinajstić information content (AvgIpc) is 2.48. The molecule has 1 aromatic rings. The Labute approximate surface area is 122 Å². The van der Waals surface area contributed by atoms with E-state index in [4.69, 9.17) is 21.1 Å². The largest absolute Gasteiger partial charge is 0.378 e. The van der Waals surface area contributed by atoms with Crippen LogP contribution < -0.4 is 9.80 Å². The number of anilines is 2. The Morgan fingerprint density at radius 3 is 2.45 bits per heavy atom. The summed E-state index contributed by atoms with van der Waals surface area (Å²) >= 11 is 6.06. The van der Waals surface area contributed by atoms with Crippen molar-refractivity contribution in [2.45, 2.75) is 13.0 Å². The monoisotopic (exact) mass is 299 g/mol. The topological polar surface area (TPSA) is 63.6 Å². The summed E-state index contributed by atoms with van der Waals surface area (Å²) in [6.07, 6.45) is 0. The van der Waals surface area contributed by atoms with Crippen LogP contribution in [0.4, 0.5) is 11.9 Å². The van der Waals surface area contributed by atoms with E-state index in [1.54, 1.807) is 0 Å². The molecule has 0 spiro atoms. The maximum atomic E-state index is 6.06. The Morgan fingerprint density at radius 2 is 1.70 bits per heavy atom. The molecule has 2 aliphatic rings. The molecule has 0 aromatic carbocycles. The van der Waals surface area contributed by atoms with Gasteiger partial charge in [-0.05, 0) is 18.5 Å². The number of rotatable bonds is 2. The van der Waals surface area contributed by atoms with Crippen LogP contribution in [0.3, 0.4) is 0 Å². The van der Waals surface area contributed by atoms with Crippen molar-refractivity contribution in [1.82, 2.24) is 15.0 Å². The van der Waals surface area contributed by atoms with Gasteiger partial charge in [-0.2, -0.15) is 15.0 Å². The quantitative estimate of drug-likeness (QED) is 0.792. The van der Waals surface area contributed by atoms with Gasteiger partial charge < -0.3 is 19.3 Å². The van der Waals surface area contributed by atoms with Crippen molar-refractivity contribution in [3.8, 4) is 0 Å². The van der Waals surface area contributed by atoms with Gasteiger partial charge in [-0.3, -0.25) is 0 Å². The minimum atomic E-state index is 0.232. The van der Waals surface area contributed by atoms with E-state index in [1.807, 2.05) is 0 Å². The zero-order valence-corrected chi connectivity index (χ0v) is 12.2. The normalized spacial score (nSPS) is 24.0. The van der Waals surface area contributed by atoms with E-state index in [2.05, 4.69) is 31.7 Å². The molecule has 0 aliphatic carbocycles. The maximum Gasteiger partial charge on any atom is 0.231 e. The van der Waals surface area contributed by atoms with Crippen molar-refractivity contribution in [2.24, 2.45) is 0 Å². The predicted molar refractivity (Wildman–Crippen MR) is 75.5 cm³/mol. The fourth-order valence-corrected chi connectivity index (χ4v) is 2.54. The van der Waals surface area contributed by atoms with Crippen LogP contribution in [-0.4, -0.2) is 67.1 Å². The second-order valence-electron chi connectivity index (χ2n) is 4.92. The molecule has 20 heavy (non-hydrogen) atoms. The SMILES string of the molecule is C[C@H]1COCCN1c1nc(Cl)nc(N2CCOCC2)n1. The van der Waals surface area contributed by atoms with E-state index in [-0.39, 0.29) is 11.3 Å². The van der Waals surface area contributed by atoms with Gasteiger partial charge in [-0.1, -0.05) is 0 Å². The Morgan fingerprint density at radius 1 is 1.00 bits per heavy atom. The lowest BCUT2D eigenvalue weighted by Gasteiger charge is -2.34. The summed E-state index contributed by atoms with van der Waals surface area (Å²) < 4.78 is 10.8. The molecule has 1 aromatic heterocycles. The van der Waals surface area contributed by atoms with Gasteiger partial charge in [0.1, 0.15) is 0 Å². The van der Waals surface area contributed by atoms with Crippen molar-refractivity contribution in [3.63, 3.8) is 0 Å². The first kappa shape index (κ1) is 13.8. The van der Waals surface area contributed by atoms with Crippen LogP contribution in [0.25, 0.3) is 0 Å². The smallest absolute Gasteiger partial charge is 0.231 e. The number of halogens is 1. The van der Waals surface area contributed by atoms with Gasteiger partial charge in [0, 0.05) is 19.6 Å². The lowest BCUT2D eigenvalue weighted by Crippen LogP contribution is -2.45. The standard InChI is InChI=1S/C12H18ClN5O2/c1-9-8-20-7-4-18(9)12-15-10(13)14-11(16-12)17-2-5-19-6-3-17/h9H,2-8H2,1H3/t9-/m0/s1. The highest BCUT2D eigenvalue weighted by Crippen LogP contribution is 2.20. The Kier molecular flexibility index (Phi) is 4.18. The number of hydrogen-bond donors (Lipinski definition) is 0. The summed E-state index contributed by atoms with van der Waals surface area (Å²) in [7, 11) is 0. The molecule has 7 nitrogen and oxygen atoms in total. The average molecular weight is 300 g/mol. The van der Waals surface area contributed by atoms with E-state index in [9.17, 15) is 0 Å². The minimum absolute atomic E-state index is 0.232. The molecular weight excluding hydrogens is 282 g/mol. The van der Waals surface area contributed by atoms with Crippen LogP contribution in [-0.2, 0) is 9.47 Å². The molecule has 110 valence electrons. The van der Waals surface area contributed by atoms with E-state index < -0.39 is 0 Å². The predicted octanol–water partition coefficient (Wildman–Crippen LogP) is 0.587. The molecule has 0 unspecified atom stereocenters.